The molecule has 2 aliphatic carbocycles. The minimum atomic E-state index is -3.75. The zero-order valence-electron chi connectivity index (χ0n) is 22.1. The van der Waals surface area contributed by atoms with Gasteiger partial charge in [0, 0.05) is 41.6 Å². The van der Waals surface area contributed by atoms with Gasteiger partial charge in [-0.3, -0.25) is 4.98 Å². The molecule has 9 nitrogen and oxygen atoms in total. The molecule has 2 fully saturated rings. The Morgan fingerprint density at radius 3 is 2.60 bits per heavy atom. The van der Waals surface area contributed by atoms with Gasteiger partial charge in [0.05, 0.1) is 23.2 Å². The highest BCUT2D eigenvalue weighted by Gasteiger charge is 2.47. The second kappa shape index (κ2) is 12.1. The maximum atomic E-state index is 12.9. The number of halogens is 1. The molecular weight excluding hydrogens is 552 g/mol. The van der Waals surface area contributed by atoms with E-state index in [9.17, 15) is 13.2 Å². The summed E-state index contributed by atoms with van der Waals surface area (Å²) < 4.78 is 41.0. The fourth-order valence-electron chi connectivity index (χ4n) is 4.55. The van der Waals surface area contributed by atoms with E-state index in [1.165, 1.54) is 6.07 Å². The monoisotopic (exact) mass is 584 g/mol. The predicted molar refractivity (Wildman–Crippen MR) is 152 cm³/mol. The van der Waals surface area contributed by atoms with Gasteiger partial charge in [0.25, 0.3) is 0 Å². The maximum absolute atomic E-state index is 12.9. The number of unbranched alkanes of at least 4 members (excludes halogenated alkanes) is 1. The Labute approximate surface area is 239 Å². The number of benzene rings is 2. The Kier molecular flexibility index (Phi) is 8.60. The fraction of sp³-hybridized carbons (Fsp3) is 0.379. The van der Waals surface area contributed by atoms with Crippen molar-refractivity contribution in [1.29, 1.82) is 0 Å². The van der Waals surface area contributed by atoms with Gasteiger partial charge in [0.2, 0.25) is 10.0 Å². The summed E-state index contributed by atoms with van der Waals surface area (Å²) in [7, 11) is -3.75. The van der Waals surface area contributed by atoms with Gasteiger partial charge in [-0.1, -0.05) is 29.8 Å². The van der Waals surface area contributed by atoms with E-state index >= 15 is 0 Å². The van der Waals surface area contributed by atoms with Crippen LogP contribution in [0, 0.1) is 0 Å². The Balaban J connectivity index is 1.28. The van der Waals surface area contributed by atoms with E-state index in [4.69, 9.17) is 26.8 Å². The lowest BCUT2D eigenvalue weighted by Crippen LogP contribution is -2.31. The Morgan fingerprint density at radius 1 is 1.07 bits per heavy atom. The lowest BCUT2D eigenvalue weighted by Gasteiger charge is -2.22. The summed E-state index contributed by atoms with van der Waals surface area (Å²) in [4.78, 5) is 15.2. The number of nitrogens with zero attached hydrogens (tertiary/aromatic N) is 1. The molecule has 5 rings (SSSR count). The molecule has 2 aliphatic rings. The van der Waals surface area contributed by atoms with Crippen molar-refractivity contribution in [3.05, 3.63) is 77.1 Å². The van der Waals surface area contributed by atoms with E-state index in [1.807, 2.05) is 30.5 Å². The standard InChI is InChI=1S/C29H33ClN4O5S/c30-26-10-9-22(40(36,37)34-15-4-3-14-33-28(31)35)17-20(26)19-38-29(12-13-29)25-18-32-16-11-23(25)24-5-1-2-6-27(24)39-21-7-8-21/h1-2,5-6,9-11,16-18,21,34H,3-4,7-8,12-15,19H2,(H3,31,33,35). The van der Waals surface area contributed by atoms with E-state index in [1.54, 1.807) is 18.3 Å². The number of sulfonamides is 1. The van der Waals surface area contributed by atoms with E-state index in [-0.39, 0.29) is 24.2 Å². The Morgan fingerprint density at radius 2 is 1.85 bits per heavy atom. The van der Waals surface area contributed by atoms with E-state index in [2.05, 4.69) is 21.1 Å². The van der Waals surface area contributed by atoms with Crippen LogP contribution in [0.1, 0.15) is 49.7 Å². The first-order valence-corrected chi connectivity index (χ1v) is 15.3. The summed E-state index contributed by atoms with van der Waals surface area (Å²) >= 11 is 6.46. The lowest BCUT2D eigenvalue weighted by molar-refractivity contribution is 0.0173. The number of amides is 2. The number of ether oxygens (including phenoxy) is 2. The minimum absolute atomic E-state index is 0.115. The third-order valence-electron chi connectivity index (χ3n) is 7.04. The molecule has 2 saturated carbocycles. The summed E-state index contributed by atoms with van der Waals surface area (Å²) in [5.41, 5.74) is 8.09. The van der Waals surface area contributed by atoms with Crippen LogP contribution in [-0.4, -0.2) is 38.6 Å². The molecule has 3 aromatic rings. The highest BCUT2D eigenvalue weighted by molar-refractivity contribution is 7.89. The molecule has 0 aliphatic heterocycles. The summed E-state index contributed by atoms with van der Waals surface area (Å²) in [6, 6.07) is 14.0. The quantitative estimate of drug-likeness (QED) is 0.231. The van der Waals surface area contributed by atoms with Gasteiger partial charge in [0.1, 0.15) is 5.75 Å². The molecule has 40 heavy (non-hydrogen) atoms. The van der Waals surface area contributed by atoms with Crippen LogP contribution in [0.2, 0.25) is 5.02 Å². The van der Waals surface area contributed by atoms with Crippen molar-refractivity contribution in [2.45, 2.75) is 61.7 Å². The first kappa shape index (κ1) is 28.4. The number of hydrogen-bond donors (Lipinski definition) is 3. The molecule has 0 unspecified atom stereocenters. The number of carbonyl (C=O) groups is 1. The van der Waals surface area contributed by atoms with Crippen molar-refractivity contribution in [3.63, 3.8) is 0 Å². The predicted octanol–water partition coefficient (Wildman–Crippen LogP) is 4.88. The van der Waals surface area contributed by atoms with Gasteiger partial charge in [-0.15, -0.1) is 0 Å². The summed E-state index contributed by atoms with van der Waals surface area (Å²) in [6.07, 6.45) is 8.83. The number of pyridine rings is 1. The van der Waals surface area contributed by atoms with Crippen molar-refractivity contribution < 1.29 is 22.7 Å². The van der Waals surface area contributed by atoms with E-state index < -0.39 is 21.7 Å². The number of primary amides is 1. The highest BCUT2D eigenvalue weighted by Crippen LogP contribution is 2.53. The molecule has 1 heterocycles. The molecule has 4 N–H and O–H groups in total. The zero-order valence-corrected chi connectivity index (χ0v) is 23.6. The first-order valence-electron chi connectivity index (χ1n) is 13.4. The van der Waals surface area contributed by atoms with E-state index in [0.29, 0.717) is 30.0 Å². The maximum Gasteiger partial charge on any atom is 0.312 e. The molecule has 212 valence electrons. The van der Waals surface area contributed by atoms with Crippen LogP contribution >= 0.6 is 11.6 Å². The van der Waals surface area contributed by atoms with Crippen molar-refractivity contribution in [2.24, 2.45) is 5.73 Å². The van der Waals surface area contributed by atoms with Gasteiger partial charge < -0.3 is 20.5 Å². The van der Waals surface area contributed by atoms with Crippen LogP contribution in [0.3, 0.4) is 0 Å². The summed E-state index contributed by atoms with van der Waals surface area (Å²) in [5, 5.41) is 2.91. The van der Waals surface area contributed by atoms with Crippen molar-refractivity contribution in [1.82, 2.24) is 15.0 Å². The van der Waals surface area contributed by atoms with Crippen LogP contribution in [0.25, 0.3) is 11.1 Å². The zero-order chi connectivity index (χ0) is 28.2. The second-order valence-corrected chi connectivity index (χ2v) is 12.3. The van der Waals surface area contributed by atoms with Crippen molar-refractivity contribution in [3.8, 4) is 16.9 Å². The molecule has 1 aromatic heterocycles. The number of hydrogen-bond acceptors (Lipinski definition) is 6. The van der Waals surface area contributed by atoms with Crippen LogP contribution in [-0.2, 0) is 27.0 Å². The topological polar surface area (TPSA) is 133 Å². The number of rotatable bonds is 14. The molecule has 2 amide bonds. The number of carbonyl (C=O) groups excluding carboxylic acids is 1. The molecular formula is C29H33ClN4O5S. The molecule has 2 aromatic carbocycles. The molecule has 0 atom stereocenters. The number of nitrogens with one attached hydrogen (secondary N) is 2. The number of urea groups is 1. The summed E-state index contributed by atoms with van der Waals surface area (Å²) in [5.74, 6) is 0.853. The van der Waals surface area contributed by atoms with Crippen LogP contribution in [0.5, 0.6) is 5.75 Å². The van der Waals surface area contributed by atoms with Gasteiger partial charge in [-0.2, -0.15) is 0 Å². The average molecular weight is 585 g/mol. The lowest BCUT2D eigenvalue weighted by atomic mass is 9.96. The van der Waals surface area contributed by atoms with Gasteiger partial charge in [0.15, 0.2) is 0 Å². The van der Waals surface area contributed by atoms with Crippen LogP contribution < -0.4 is 20.5 Å². The summed E-state index contributed by atoms with van der Waals surface area (Å²) in [6.45, 7) is 0.768. The highest BCUT2D eigenvalue weighted by atomic mass is 35.5. The Hall–Kier alpha value is -3.18. The van der Waals surface area contributed by atoms with Gasteiger partial charge in [-0.05, 0) is 80.0 Å². The number of para-hydroxylation sites is 1. The second-order valence-electron chi connectivity index (χ2n) is 10.2. The normalized spacial score (nSPS) is 15.9. The van der Waals surface area contributed by atoms with E-state index in [0.717, 1.165) is 48.1 Å². The molecule has 0 bridgehead atoms. The molecule has 0 radical (unpaired) electrons. The number of aromatic nitrogens is 1. The third kappa shape index (κ3) is 6.93. The SMILES string of the molecule is NC(=O)NCCCCNS(=O)(=O)c1ccc(Cl)c(COC2(c3cnccc3-c3ccccc3OC3CC3)CC2)c1. The van der Waals surface area contributed by atoms with Gasteiger partial charge in [-0.25, -0.2) is 17.9 Å². The van der Waals surface area contributed by atoms with Crippen molar-refractivity contribution in [2.75, 3.05) is 13.1 Å². The largest absolute Gasteiger partial charge is 0.490 e. The van der Waals surface area contributed by atoms with Crippen LogP contribution in [0.4, 0.5) is 4.79 Å². The molecule has 0 saturated heterocycles. The minimum Gasteiger partial charge on any atom is -0.490 e. The first-order chi connectivity index (χ1) is 19.3. The molecule has 0 spiro atoms. The van der Waals surface area contributed by atoms with Crippen LogP contribution in [0.15, 0.2) is 65.8 Å². The third-order valence-corrected chi connectivity index (χ3v) is 8.87. The molecule has 11 heteroatoms. The Bertz CT molecular complexity index is 1470. The van der Waals surface area contributed by atoms with Gasteiger partial charge >= 0.3 is 6.03 Å². The fourth-order valence-corrected chi connectivity index (χ4v) is 5.85. The van der Waals surface area contributed by atoms with Crippen molar-refractivity contribution >= 4 is 27.7 Å². The smallest absolute Gasteiger partial charge is 0.312 e. The number of nitrogens with two attached hydrogens (primary N) is 1. The average Bonchev–Trinajstić information content (AvgIpc) is 3.88.